The lowest BCUT2D eigenvalue weighted by atomic mass is 9.95. The molecule has 1 aliphatic heterocycles. The third-order valence-electron chi connectivity index (χ3n) is 5.32. The Morgan fingerprint density at radius 3 is 2.57 bits per heavy atom. The van der Waals surface area contributed by atoms with E-state index in [0.717, 1.165) is 11.3 Å². The molecule has 0 radical (unpaired) electrons. The third kappa shape index (κ3) is 3.52. The molecule has 4 rings (SSSR count). The number of carbonyl (C=O) groups is 1. The number of nitrogens with zero attached hydrogens (tertiary/aromatic N) is 3. The van der Waals surface area contributed by atoms with Gasteiger partial charge in [-0.2, -0.15) is 13.2 Å². The molecular formula is C21H20F3N3O2S. The van der Waals surface area contributed by atoms with Crippen molar-refractivity contribution in [2.45, 2.75) is 37.7 Å². The molecule has 2 aromatic heterocycles. The van der Waals surface area contributed by atoms with E-state index in [1.54, 1.807) is 6.92 Å². The molecule has 30 heavy (non-hydrogen) atoms. The highest BCUT2D eigenvalue weighted by Gasteiger charge is 2.58. The Bertz CT molecular complexity index is 1050. The van der Waals surface area contributed by atoms with Crippen LogP contribution in [0.25, 0.3) is 0 Å². The number of aliphatic hydroxyl groups is 1. The van der Waals surface area contributed by atoms with Gasteiger partial charge in [0.05, 0.1) is 12.5 Å². The lowest BCUT2D eigenvalue weighted by Crippen LogP contribution is -2.49. The van der Waals surface area contributed by atoms with Gasteiger partial charge in [0, 0.05) is 36.1 Å². The number of thiazole rings is 1. The summed E-state index contributed by atoms with van der Waals surface area (Å²) in [5.74, 6) is -0.774. The summed E-state index contributed by atoms with van der Waals surface area (Å²) in [5, 5.41) is 11.5. The van der Waals surface area contributed by atoms with Gasteiger partial charge in [0.15, 0.2) is 0 Å². The minimum atomic E-state index is -5.04. The van der Waals surface area contributed by atoms with Gasteiger partial charge >= 0.3 is 6.18 Å². The Balaban J connectivity index is 1.70. The zero-order valence-corrected chi connectivity index (χ0v) is 17.0. The van der Waals surface area contributed by atoms with Crippen molar-refractivity contribution in [2.24, 2.45) is 0 Å². The van der Waals surface area contributed by atoms with Crippen molar-refractivity contribution in [2.75, 3.05) is 6.54 Å². The Morgan fingerprint density at radius 2 is 1.93 bits per heavy atom. The van der Waals surface area contributed by atoms with Gasteiger partial charge in [0.1, 0.15) is 5.01 Å². The van der Waals surface area contributed by atoms with E-state index in [0.29, 0.717) is 23.6 Å². The minimum absolute atomic E-state index is 0.241. The van der Waals surface area contributed by atoms with E-state index in [4.69, 9.17) is 0 Å². The van der Waals surface area contributed by atoms with E-state index in [1.807, 2.05) is 53.2 Å². The van der Waals surface area contributed by atoms with Gasteiger partial charge in [-0.3, -0.25) is 4.79 Å². The fraction of sp³-hybridized carbons (Fsp3) is 0.333. The normalized spacial score (nSPS) is 18.7. The number of fused-ring (bicyclic) bond motifs is 1. The molecule has 1 aromatic carbocycles. The molecule has 0 spiro atoms. The van der Waals surface area contributed by atoms with Gasteiger partial charge in [0.2, 0.25) is 11.5 Å². The molecule has 158 valence electrons. The van der Waals surface area contributed by atoms with E-state index in [-0.39, 0.29) is 6.54 Å². The number of carbonyl (C=O) groups excluding carboxylic acids is 1. The largest absolute Gasteiger partial charge is 0.424 e. The molecule has 0 bridgehead atoms. The number of amides is 1. The lowest BCUT2D eigenvalue weighted by Gasteiger charge is -2.39. The number of aromatic nitrogens is 2. The first-order valence-corrected chi connectivity index (χ1v) is 10.3. The van der Waals surface area contributed by atoms with Crippen LogP contribution >= 0.6 is 11.3 Å². The summed E-state index contributed by atoms with van der Waals surface area (Å²) >= 11 is 0.703. The molecule has 0 fully saturated rings. The first kappa shape index (κ1) is 20.6. The van der Waals surface area contributed by atoms with Crippen LogP contribution in [0.2, 0.25) is 0 Å². The first-order chi connectivity index (χ1) is 14.2. The number of rotatable bonds is 4. The molecule has 1 aliphatic rings. The maximum Gasteiger partial charge on any atom is 0.424 e. The number of aryl methyl sites for hydroxylation is 1. The Morgan fingerprint density at radius 1 is 1.20 bits per heavy atom. The van der Waals surface area contributed by atoms with Gasteiger partial charge in [-0.05, 0) is 24.6 Å². The Kier molecular flexibility index (Phi) is 5.19. The van der Waals surface area contributed by atoms with E-state index in [9.17, 15) is 23.1 Å². The molecule has 0 saturated carbocycles. The van der Waals surface area contributed by atoms with Crippen molar-refractivity contribution in [1.29, 1.82) is 0 Å². The average Bonchev–Trinajstić information content (AvgIpc) is 3.35. The van der Waals surface area contributed by atoms with Crippen molar-refractivity contribution >= 4 is 17.2 Å². The molecule has 2 atom stereocenters. The van der Waals surface area contributed by atoms with E-state index < -0.39 is 35.2 Å². The second-order valence-electron chi connectivity index (χ2n) is 7.36. The quantitative estimate of drug-likeness (QED) is 0.673. The van der Waals surface area contributed by atoms with Gasteiger partial charge in [-0.15, -0.1) is 11.3 Å². The SMILES string of the molecule is Cc1csc(C(O)(CC(=O)N2CCn3cccc3C2c2ccccc2)C(F)(F)F)n1. The Labute approximate surface area is 175 Å². The Hall–Kier alpha value is -2.65. The van der Waals surface area contributed by atoms with Crippen LogP contribution in [0.1, 0.15) is 34.4 Å². The van der Waals surface area contributed by atoms with Crippen LogP contribution in [-0.4, -0.2) is 38.2 Å². The maximum absolute atomic E-state index is 13.9. The molecule has 2 unspecified atom stereocenters. The number of hydrogen-bond donors (Lipinski definition) is 1. The van der Waals surface area contributed by atoms with Gasteiger partial charge in [0.25, 0.3) is 0 Å². The number of hydrogen-bond acceptors (Lipinski definition) is 4. The summed E-state index contributed by atoms with van der Waals surface area (Å²) in [6, 6.07) is 12.3. The van der Waals surface area contributed by atoms with E-state index in [1.165, 1.54) is 10.3 Å². The van der Waals surface area contributed by atoms with Gasteiger partial charge in [-0.1, -0.05) is 30.3 Å². The van der Waals surface area contributed by atoms with Crippen molar-refractivity contribution in [3.8, 4) is 0 Å². The monoisotopic (exact) mass is 435 g/mol. The zero-order valence-electron chi connectivity index (χ0n) is 16.1. The number of halogens is 3. The van der Waals surface area contributed by atoms with Gasteiger partial charge in [-0.25, -0.2) is 4.98 Å². The highest BCUT2D eigenvalue weighted by molar-refractivity contribution is 7.09. The highest BCUT2D eigenvalue weighted by Crippen LogP contribution is 2.44. The van der Waals surface area contributed by atoms with Crippen LogP contribution < -0.4 is 0 Å². The molecule has 3 aromatic rings. The van der Waals surface area contributed by atoms with Gasteiger partial charge < -0.3 is 14.6 Å². The predicted molar refractivity (Wildman–Crippen MR) is 106 cm³/mol. The van der Waals surface area contributed by atoms with Crippen molar-refractivity contribution in [1.82, 2.24) is 14.5 Å². The topological polar surface area (TPSA) is 58.4 Å². The summed E-state index contributed by atoms with van der Waals surface area (Å²) in [7, 11) is 0. The predicted octanol–water partition coefficient (Wildman–Crippen LogP) is 4.02. The molecule has 9 heteroatoms. The molecule has 3 heterocycles. The summed E-state index contributed by atoms with van der Waals surface area (Å²) in [6.45, 7) is 2.26. The molecule has 0 aliphatic carbocycles. The standard InChI is InChI=1S/C21H20F3N3O2S/c1-14-13-30-19(25-14)20(29,21(22,23)24)12-17(28)27-11-10-26-9-5-8-16(26)18(27)15-6-3-2-4-7-15/h2-9,13,18,29H,10-12H2,1H3. The number of benzene rings is 1. The summed E-state index contributed by atoms with van der Waals surface area (Å²) in [4.78, 5) is 18.4. The lowest BCUT2D eigenvalue weighted by molar-refractivity contribution is -0.268. The molecule has 1 amide bonds. The van der Waals surface area contributed by atoms with Crippen LogP contribution in [0.4, 0.5) is 13.2 Å². The van der Waals surface area contributed by atoms with Crippen LogP contribution in [0, 0.1) is 6.92 Å². The fourth-order valence-corrected chi connectivity index (χ4v) is 4.71. The van der Waals surface area contributed by atoms with Crippen molar-refractivity contribution < 1.29 is 23.1 Å². The van der Waals surface area contributed by atoms with Crippen LogP contribution in [0.5, 0.6) is 0 Å². The van der Waals surface area contributed by atoms with Crippen LogP contribution in [0.15, 0.2) is 54.0 Å². The smallest absolute Gasteiger partial charge is 0.374 e. The average molecular weight is 435 g/mol. The fourth-order valence-electron chi connectivity index (χ4n) is 3.80. The highest BCUT2D eigenvalue weighted by atomic mass is 32.1. The molecule has 0 saturated heterocycles. The van der Waals surface area contributed by atoms with E-state index >= 15 is 0 Å². The second kappa shape index (κ2) is 7.55. The zero-order chi connectivity index (χ0) is 21.5. The maximum atomic E-state index is 13.9. The van der Waals surface area contributed by atoms with Crippen LogP contribution in [-0.2, 0) is 16.9 Å². The first-order valence-electron chi connectivity index (χ1n) is 9.42. The van der Waals surface area contributed by atoms with Crippen molar-refractivity contribution in [3.05, 3.63) is 76.0 Å². The summed E-state index contributed by atoms with van der Waals surface area (Å²) in [5.41, 5.74) is -1.35. The summed E-state index contributed by atoms with van der Waals surface area (Å²) < 4.78 is 43.6. The third-order valence-corrected chi connectivity index (χ3v) is 6.43. The van der Waals surface area contributed by atoms with E-state index in [2.05, 4.69) is 4.98 Å². The second-order valence-corrected chi connectivity index (χ2v) is 8.21. The summed E-state index contributed by atoms with van der Waals surface area (Å²) in [6.07, 6.45) is -4.27. The molecule has 1 N–H and O–H groups in total. The molecule has 5 nitrogen and oxygen atoms in total. The minimum Gasteiger partial charge on any atom is -0.374 e. The molecular weight excluding hydrogens is 415 g/mol. The van der Waals surface area contributed by atoms with Crippen LogP contribution in [0.3, 0.4) is 0 Å². The number of alkyl halides is 3. The van der Waals surface area contributed by atoms with Crippen molar-refractivity contribution in [3.63, 3.8) is 0 Å².